The smallest absolute Gasteiger partial charge is 0.323 e. The van der Waals surface area contributed by atoms with Crippen LogP contribution in [0.5, 0.6) is 0 Å². The first-order valence-electron chi connectivity index (χ1n) is 4.59. The van der Waals surface area contributed by atoms with Gasteiger partial charge in [-0.15, -0.1) is 0 Å². The van der Waals surface area contributed by atoms with Crippen LogP contribution in [0.3, 0.4) is 0 Å². The summed E-state index contributed by atoms with van der Waals surface area (Å²) in [5.41, 5.74) is 0. The highest BCUT2D eigenvalue weighted by atomic mass is 16.4. The number of likely N-dealkylation sites (tertiary alicyclic amines) is 1. The molecule has 0 radical (unpaired) electrons. The lowest BCUT2D eigenvalue weighted by Crippen LogP contribution is -2.45. The molecule has 0 aromatic carbocycles. The van der Waals surface area contributed by atoms with E-state index in [9.17, 15) is 14.4 Å². The van der Waals surface area contributed by atoms with E-state index < -0.39 is 12.5 Å². The Morgan fingerprint density at radius 1 is 1.43 bits per heavy atom. The molecule has 1 aliphatic rings. The van der Waals surface area contributed by atoms with Gasteiger partial charge in [-0.2, -0.15) is 0 Å². The quantitative estimate of drug-likeness (QED) is 0.661. The van der Waals surface area contributed by atoms with Crippen molar-refractivity contribution in [3.63, 3.8) is 0 Å². The van der Waals surface area contributed by atoms with Crippen LogP contribution in [-0.4, -0.2) is 34.3 Å². The monoisotopic (exact) mass is 199 g/mol. The Morgan fingerprint density at radius 2 is 1.93 bits per heavy atom. The van der Waals surface area contributed by atoms with Crippen LogP contribution in [0.25, 0.3) is 0 Å². The molecule has 0 spiro atoms. The molecule has 1 aliphatic heterocycles. The molecule has 1 fully saturated rings. The molecule has 5 nitrogen and oxygen atoms in total. The van der Waals surface area contributed by atoms with E-state index >= 15 is 0 Å². The van der Waals surface area contributed by atoms with Crippen molar-refractivity contribution in [1.82, 2.24) is 4.90 Å². The fraction of sp³-hybridized carbons (Fsp3) is 0.667. The number of hydrogen-bond acceptors (Lipinski definition) is 3. The zero-order valence-electron chi connectivity index (χ0n) is 8.02. The van der Waals surface area contributed by atoms with E-state index in [-0.39, 0.29) is 30.6 Å². The van der Waals surface area contributed by atoms with E-state index in [1.807, 2.05) is 6.92 Å². The van der Waals surface area contributed by atoms with Gasteiger partial charge in [-0.1, -0.05) is 13.3 Å². The zero-order chi connectivity index (χ0) is 10.7. The molecule has 1 heterocycles. The summed E-state index contributed by atoms with van der Waals surface area (Å²) in [6, 6.07) is 0. The Bertz CT molecular complexity index is 256. The summed E-state index contributed by atoms with van der Waals surface area (Å²) in [7, 11) is 0. The SMILES string of the molecule is CCC1CC(=O)N(CC(=O)O)C(=O)C1. The Labute approximate surface area is 81.7 Å². The van der Waals surface area contributed by atoms with Crippen LogP contribution in [0, 0.1) is 5.92 Å². The Hall–Kier alpha value is -1.39. The third kappa shape index (κ3) is 2.31. The third-order valence-electron chi connectivity index (χ3n) is 2.40. The molecule has 0 atom stereocenters. The van der Waals surface area contributed by atoms with Gasteiger partial charge in [0, 0.05) is 12.8 Å². The molecule has 2 amide bonds. The van der Waals surface area contributed by atoms with Crippen LogP contribution in [0.4, 0.5) is 0 Å². The van der Waals surface area contributed by atoms with Crippen LogP contribution in [0.15, 0.2) is 0 Å². The number of piperidine rings is 1. The van der Waals surface area contributed by atoms with Gasteiger partial charge < -0.3 is 5.11 Å². The van der Waals surface area contributed by atoms with Crippen LogP contribution >= 0.6 is 0 Å². The number of carboxylic acids is 1. The first-order chi connectivity index (χ1) is 6.54. The first-order valence-corrected chi connectivity index (χ1v) is 4.59. The van der Waals surface area contributed by atoms with Gasteiger partial charge in [-0.25, -0.2) is 0 Å². The van der Waals surface area contributed by atoms with E-state index in [1.54, 1.807) is 0 Å². The number of imide groups is 1. The van der Waals surface area contributed by atoms with Gasteiger partial charge in [0.2, 0.25) is 11.8 Å². The second-order valence-electron chi connectivity index (χ2n) is 3.45. The van der Waals surface area contributed by atoms with Crippen molar-refractivity contribution in [3.05, 3.63) is 0 Å². The maximum absolute atomic E-state index is 11.4. The lowest BCUT2D eigenvalue weighted by Gasteiger charge is -2.28. The molecule has 1 saturated heterocycles. The van der Waals surface area contributed by atoms with E-state index in [0.29, 0.717) is 0 Å². The lowest BCUT2D eigenvalue weighted by molar-refractivity contribution is -0.156. The maximum Gasteiger partial charge on any atom is 0.323 e. The van der Waals surface area contributed by atoms with Gasteiger partial charge in [-0.3, -0.25) is 19.3 Å². The normalized spacial score (nSPS) is 18.8. The summed E-state index contributed by atoms with van der Waals surface area (Å²) >= 11 is 0. The van der Waals surface area contributed by atoms with Gasteiger partial charge in [0.25, 0.3) is 0 Å². The molecule has 0 aromatic heterocycles. The van der Waals surface area contributed by atoms with E-state index in [0.717, 1.165) is 11.3 Å². The van der Waals surface area contributed by atoms with Crippen LogP contribution < -0.4 is 0 Å². The molecule has 78 valence electrons. The summed E-state index contributed by atoms with van der Waals surface area (Å²) in [6.07, 6.45) is 1.35. The van der Waals surface area contributed by atoms with Crippen molar-refractivity contribution in [1.29, 1.82) is 0 Å². The van der Waals surface area contributed by atoms with E-state index in [1.165, 1.54) is 0 Å². The molecule has 0 aromatic rings. The second-order valence-corrected chi connectivity index (χ2v) is 3.45. The van der Waals surface area contributed by atoms with Crippen molar-refractivity contribution >= 4 is 17.8 Å². The first kappa shape index (κ1) is 10.7. The molecule has 0 unspecified atom stereocenters. The van der Waals surface area contributed by atoms with Crippen molar-refractivity contribution in [3.8, 4) is 0 Å². The molecule has 1 rings (SSSR count). The molecule has 0 aliphatic carbocycles. The Kier molecular flexibility index (Phi) is 3.22. The van der Waals surface area contributed by atoms with Crippen molar-refractivity contribution < 1.29 is 19.5 Å². The summed E-state index contributed by atoms with van der Waals surface area (Å²) in [6.45, 7) is 1.41. The summed E-state index contributed by atoms with van der Waals surface area (Å²) in [5, 5.41) is 8.48. The predicted molar refractivity (Wildman–Crippen MR) is 47.4 cm³/mol. The number of amides is 2. The van der Waals surface area contributed by atoms with Gasteiger partial charge in [0.15, 0.2) is 0 Å². The average molecular weight is 199 g/mol. The van der Waals surface area contributed by atoms with Crippen LogP contribution in [-0.2, 0) is 14.4 Å². The van der Waals surface area contributed by atoms with Gasteiger partial charge in [-0.05, 0) is 5.92 Å². The fourth-order valence-electron chi connectivity index (χ4n) is 1.53. The van der Waals surface area contributed by atoms with Crippen LogP contribution in [0.1, 0.15) is 26.2 Å². The standard InChI is InChI=1S/C9H13NO4/c1-2-6-3-7(11)10(5-9(13)14)8(12)4-6/h6H,2-5H2,1H3,(H,13,14). The number of nitrogens with zero attached hydrogens (tertiary/aromatic N) is 1. The van der Waals surface area contributed by atoms with Crippen molar-refractivity contribution in [2.75, 3.05) is 6.54 Å². The topological polar surface area (TPSA) is 74.7 Å². The van der Waals surface area contributed by atoms with Gasteiger partial charge in [0.05, 0.1) is 0 Å². The molecule has 5 heteroatoms. The Balaban J connectivity index is 2.65. The molecular weight excluding hydrogens is 186 g/mol. The largest absolute Gasteiger partial charge is 0.480 e. The number of carbonyl (C=O) groups is 3. The Morgan fingerprint density at radius 3 is 2.29 bits per heavy atom. The minimum absolute atomic E-state index is 0.0834. The molecule has 1 N–H and O–H groups in total. The van der Waals surface area contributed by atoms with Gasteiger partial charge in [0.1, 0.15) is 6.54 Å². The summed E-state index contributed by atoms with van der Waals surface area (Å²) in [4.78, 5) is 33.9. The van der Waals surface area contributed by atoms with E-state index in [4.69, 9.17) is 5.11 Å². The number of aliphatic carboxylic acids is 1. The highest BCUT2D eigenvalue weighted by Gasteiger charge is 2.32. The minimum Gasteiger partial charge on any atom is -0.480 e. The molecule has 14 heavy (non-hydrogen) atoms. The molecule has 0 bridgehead atoms. The number of rotatable bonds is 3. The summed E-state index contributed by atoms with van der Waals surface area (Å²) < 4.78 is 0. The number of carbonyl (C=O) groups excluding carboxylic acids is 2. The second kappa shape index (κ2) is 4.21. The van der Waals surface area contributed by atoms with Crippen molar-refractivity contribution in [2.24, 2.45) is 5.92 Å². The average Bonchev–Trinajstić information content (AvgIpc) is 2.10. The van der Waals surface area contributed by atoms with Gasteiger partial charge >= 0.3 is 5.97 Å². The van der Waals surface area contributed by atoms with E-state index in [2.05, 4.69) is 0 Å². The maximum atomic E-state index is 11.4. The molecule has 0 saturated carbocycles. The number of hydrogen-bond donors (Lipinski definition) is 1. The third-order valence-corrected chi connectivity index (χ3v) is 2.40. The lowest BCUT2D eigenvalue weighted by atomic mass is 9.93. The van der Waals surface area contributed by atoms with Crippen LogP contribution in [0.2, 0.25) is 0 Å². The number of carboxylic acid groups (broad SMARTS) is 1. The summed E-state index contributed by atoms with van der Waals surface area (Å²) in [5.74, 6) is -1.80. The minimum atomic E-state index is -1.15. The zero-order valence-corrected chi connectivity index (χ0v) is 8.02. The molecular formula is C9H13NO4. The highest BCUT2D eigenvalue weighted by Crippen LogP contribution is 2.21. The fourth-order valence-corrected chi connectivity index (χ4v) is 1.53. The predicted octanol–water partition coefficient (Wildman–Crippen LogP) is 0.246. The highest BCUT2D eigenvalue weighted by molar-refractivity contribution is 6.00. The van der Waals surface area contributed by atoms with Crippen molar-refractivity contribution in [2.45, 2.75) is 26.2 Å².